The average Bonchev–Trinajstić information content (AvgIpc) is 2.78. The van der Waals surface area contributed by atoms with E-state index in [0.29, 0.717) is 29.2 Å². The van der Waals surface area contributed by atoms with Crippen molar-refractivity contribution < 1.29 is 4.79 Å². The van der Waals surface area contributed by atoms with Gasteiger partial charge in [0, 0.05) is 43.8 Å². The molecule has 1 fully saturated rings. The highest BCUT2D eigenvalue weighted by Crippen LogP contribution is 2.32. The quantitative estimate of drug-likeness (QED) is 0.518. The van der Waals surface area contributed by atoms with Crippen LogP contribution in [0.25, 0.3) is 10.9 Å². The molecule has 6 nitrogen and oxygen atoms in total. The van der Waals surface area contributed by atoms with Gasteiger partial charge in [-0.2, -0.15) is 0 Å². The number of carbonyl (C=O) groups excluding carboxylic acids is 1. The SMILES string of the molecule is CN(C)c1cc(N[C@H]2CC[C@@H](CN(C(N)=O)c3ccccc3Cl)CC2)nc2ccccc12. The lowest BCUT2D eigenvalue weighted by Gasteiger charge is -2.33. The minimum absolute atomic E-state index is 0.359. The molecule has 3 N–H and O–H groups in total. The van der Waals surface area contributed by atoms with E-state index in [1.54, 1.807) is 11.0 Å². The van der Waals surface area contributed by atoms with Gasteiger partial charge in [0.1, 0.15) is 5.82 Å². The standard InChI is InChI=1S/C25H30ClN5O/c1-30(2)23-15-24(29-21-9-5-3-7-19(21)23)28-18-13-11-17(12-14-18)16-31(25(27)32)22-10-6-4-8-20(22)26/h3-10,15,17-18H,11-14,16H2,1-2H3,(H2,27,32)(H,28,29)/t17-,18+. The van der Waals surface area contributed by atoms with Gasteiger partial charge in [-0.1, -0.05) is 41.9 Å². The lowest BCUT2D eigenvalue weighted by Crippen LogP contribution is -2.41. The van der Waals surface area contributed by atoms with Crippen molar-refractivity contribution in [2.24, 2.45) is 11.7 Å². The summed E-state index contributed by atoms with van der Waals surface area (Å²) in [7, 11) is 4.11. The van der Waals surface area contributed by atoms with Crippen LogP contribution in [0.5, 0.6) is 0 Å². The highest BCUT2D eigenvalue weighted by atomic mass is 35.5. The van der Waals surface area contributed by atoms with Gasteiger partial charge in [0.2, 0.25) is 0 Å². The largest absolute Gasteiger partial charge is 0.377 e. The Morgan fingerprint density at radius 3 is 2.44 bits per heavy atom. The number of primary amides is 1. The highest BCUT2D eigenvalue weighted by molar-refractivity contribution is 6.33. The Bertz CT molecular complexity index is 1090. The molecule has 168 valence electrons. The molecule has 1 aromatic heterocycles. The summed E-state index contributed by atoms with van der Waals surface area (Å²) in [5, 5.41) is 5.33. The van der Waals surface area contributed by atoms with E-state index >= 15 is 0 Å². The van der Waals surface area contributed by atoms with E-state index in [4.69, 9.17) is 22.3 Å². The van der Waals surface area contributed by atoms with Crippen molar-refractivity contribution in [1.29, 1.82) is 0 Å². The number of para-hydroxylation sites is 2. The van der Waals surface area contributed by atoms with Crippen molar-refractivity contribution in [2.45, 2.75) is 31.7 Å². The third kappa shape index (κ3) is 4.91. The number of halogens is 1. The topological polar surface area (TPSA) is 74.5 Å². The lowest BCUT2D eigenvalue weighted by atomic mass is 9.85. The summed E-state index contributed by atoms with van der Waals surface area (Å²) in [6, 6.07) is 17.6. The van der Waals surface area contributed by atoms with Crippen molar-refractivity contribution in [3.63, 3.8) is 0 Å². The molecule has 3 aromatic rings. The van der Waals surface area contributed by atoms with E-state index in [9.17, 15) is 4.79 Å². The van der Waals surface area contributed by atoms with E-state index in [0.717, 1.165) is 48.1 Å². The second kappa shape index (κ2) is 9.65. The second-order valence-electron chi connectivity index (χ2n) is 8.70. The summed E-state index contributed by atoms with van der Waals surface area (Å²) >= 11 is 6.30. The molecule has 1 saturated carbocycles. The molecule has 2 amide bonds. The number of pyridine rings is 1. The Balaban J connectivity index is 1.41. The minimum Gasteiger partial charge on any atom is -0.377 e. The molecule has 0 aliphatic heterocycles. The number of aromatic nitrogens is 1. The second-order valence-corrected chi connectivity index (χ2v) is 9.11. The molecule has 0 saturated heterocycles. The zero-order valence-corrected chi connectivity index (χ0v) is 19.3. The van der Waals surface area contributed by atoms with Crippen LogP contribution >= 0.6 is 11.6 Å². The summed E-state index contributed by atoms with van der Waals surface area (Å²) in [5.74, 6) is 1.30. The van der Waals surface area contributed by atoms with Gasteiger partial charge in [0.05, 0.1) is 16.2 Å². The molecule has 0 unspecified atom stereocenters. The number of benzene rings is 2. The van der Waals surface area contributed by atoms with Crippen LogP contribution in [-0.4, -0.2) is 37.7 Å². The van der Waals surface area contributed by atoms with Crippen LogP contribution in [0.3, 0.4) is 0 Å². The number of nitrogens with one attached hydrogen (secondary N) is 1. The number of fused-ring (bicyclic) bond motifs is 1. The first kappa shape index (κ1) is 22.2. The molecule has 1 heterocycles. The van der Waals surface area contributed by atoms with Crippen molar-refractivity contribution in [3.8, 4) is 0 Å². The van der Waals surface area contributed by atoms with Crippen molar-refractivity contribution in [3.05, 3.63) is 59.6 Å². The molecule has 1 aliphatic rings. The van der Waals surface area contributed by atoms with E-state index in [2.05, 4.69) is 42.5 Å². The third-order valence-corrected chi connectivity index (χ3v) is 6.54. The van der Waals surface area contributed by atoms with Gasteiger partial charge in [-0.05, 0) is 49.8 Å². The van der Waals surface area contributed by atoms with Gasteiger partial charge in [0.25, 0.3) is 0 Å². The van der Waals surface area contributed by atoms with Crippen LogP contribution in [0.1, 0.15) is 25.7 Å². The Labute approximate surface area is 194 Å². The number of carbonyl (C=O) groups is 1. The fourth-order valence-corrected chi connectivity index (χ4v) is 4.77. The molecule has 0 spiro atoms. The van der Waals surface area contributed by atoms with E-state index in [1.807, 2.05) is 30.3 Å². The predicted octanol–water partition coefficient (Wildman–Crippen LogP) is 5.51. The fraction of sp³-hybridized carbons (Fsp3) is 0.360. The summed E-state index contributed by atoms with van der Waals surface area (Å²) in [6.07, 6.45) is 4.07. The number of nitrogens with two attached hydrogens (primary N) is 1. The van der Waals surface area contributed by atoms with Crippen molar-refractivity contribution in [1.82, 2.24) is 4.98 Å². The molecular weight excluding hydrogens is 422 g/mol. The number of urea groups is 1. The van der Waals surface area contributed by atoms with Gasteiger partial charge in [-0.3, -0.25) is 4.90 Å². The maximum atomic E-state index is 12.1. The van der Waals surface area contributed by atoms with Crippen LogP contribution in [0.15, 0.2) is 54.6 Å². The molecule has 0 radical (unpaired) electrons. The first-order chi connectivity index (χ1) is 15.4. The number of rotatable bonds is 6. The van der Waals surface area contributed by atoms with E-state index in [1.165, 1.54) is 0 Å². The monoisotopic (exact) mass is 451 g/mol. The van der Waals surface area contributed by atoms with Crippen LogP contribution in [-0.2, 0) is 0 Å². The van der Waals surface area contributed by atoms with Crippen LogP contribution < -0.4 is 20.9 Å². The van der Waals surface area contributed by atoms with Gasteiger partial charge < -0.3 is 16.0 Å². The Morgan fingerprint density at radius 1 is 1.06 bits per heavy atom. The molecule has 4 rings (SSSR count). The molecular formula is C25H30ClN5O. The summed E-state index contributed by atoms with van der Waals surface area (Å²) < 4.78 is 0. The zero-order chi connectivity index (χ0) is 22.7. The molecule has 0 atom stereocenters. The molecule has 2 aromatic carbocycles. The first-order valence-corrected chi connectivity index (χ1v) is 11.5. The van der Waals surface area contributed by atoms with Crippen molar-refractivity contribution >= 4 is 45.7 Å². The lowest BCUT2D eigenvalue weighted by molar-refractivity contribution is 0.250. The summed E-state index contributed by atoms with van der Waals surface area (Å²) in [5.41, 5.74) is 8.50. The predicted molar refractivity (Wildman–Crippen MR) is 134 cm³/mol. The van der Waals surface area contributed by atoms with Crippen LogP contribution in [0, 0.1) is 5.92 Å². The summed E-state index contributed by atoms with van der Waals surface area (Å²) in [6.45, 7) is 0.588. The number of hydrogen-bond acceptors (Lipinski definition) is 4. The van der Waals surface area contributed by atoms with Gasteiger partial charge in [-0.25, -0.2) is 9.78 Å². The van der Waals surface area contributed by atoms with Gasteiger partial charge >= 0.3 is 6.03 Å². The van der Waals surface area contributed by atoms with Crippen LogP contribution in [0.4, 0.5) is 22.0 Å². The van der Waals surface area contributed by atoms with Gasteiger partial charge in [0.15, 0.2) is 0 Å². The normalized spacial score (nSPS) is 18.3. The van der Waals surface area contributed by atoms with Crippen molar-refractivity contribution in [2.75, 3.05) is 35.8 Å². The Kier molecular flexibility index (Phi) is 6.70. The zero-order valence-electron chi connectivity index (χ0n) is 18.6. The number of amides is 2. The maximum absolute atomic E-state index is 12.1. The molecule has 0 bridgehead atoms. The Morgan fingerprint density at radius 2 is 1.75 bits per heavy atom. The van der Waals surface area contributed by atoms with Gasteiger partial charge in [-0.15, -0.1) is 0 Å². The molecule has 1 aliphatic carbocycles. The first-order valence-electron chi connectivity index (χ1n) is 11.1. The summed E-state index contributed by atoms with van der Waals surface area (Å²) in [4.78, 5) is 20.7. The smallest absolute Gasteiger partial charge is 0.319 e. The van der Waals surface area contributed by atoms with Crippen LogP contribution in [0.2, 0.25) is 5.02 Å². The Hall–Kier alpha value is -2.99. The number of nitrogens with zero attached hydrogens (tertiary/aromatic N) is 3. The average molecular weight is 452 g/mol. The van der Waals surface area contributed by atoms with E-state index in [-0.39, 0.29) is 0 Å². The minimum atomic E-state index is -0.463. The maximum Gasteiger partial charge on any atom is 0.319 e. The highest BCUT2D eigenvalue weighted by Gasteiger charge is 2.26. The number of anilines is 3. The fourth-order valence-electron chi connectivity index (χ4n) is 4.54. The number of hydrogen-bond donors (Lipinski definition) is 2. The third-order valence-electron chi connectivity index (χ3n) is 6.22. The molecule has 7 heteroatoms. The molecule has 32 heavy (non-hydrogen) atoms. The van der Waals surface area contributed by atoms with E-state index < -0.39 is 6.03 Å².